The second-order valence-electron chi connectivity index (χ2n) is 3.64. The van der Waals surface area contributed by atoms with E-state index >= 15 is 0 Å². The maximum atomic E-state index is 11.5. The summed E-state index contributed by atoms with van der Waals surface area (Å²) in [5.41, 5.74) is 0. The van der Waals surface area contributed by atoms with Crippen molar-refractivity contribution in [1.29, 1.82) is 0 Å². The number of anilines is 1. The molecule has 1 fully saturated rings. The molecule has 0 radical (unpaired) electrons. The minimum atomic E-state index is -0.463. The molecule has 8 heteroatoms. The van der Waals surface area contributed by atoms with Crippen LogP contribution in [0.5, 0.6) is 0 Å². The molecule has 2 rings (SSSR count). The molecule has 1 aromatic heterocycles. The highest BCUT2D eigenvalue weighted by Crippen LogP contribution is 2.08. The van der Waals surface area contributed by atoms with Crippen LogP contribution in [0.1, 0.15) is 0 Å². The Kier molecular flexibility index (Phi) is 2.77. The highest BCUT2D eigenvalue weighted by molar-refractivity contribution is 6.06. The van der Waals surface area contributed by atoms with Crippen LogP contribution in [0.2, 0.25) is 0 Å². The molecule has 17 heavy (non-hydrogen) atoms. The summed E-state index contributed by atoms with van der Waals surface area (Å²) >= 11 is 0. The highest BCUT2D eigenvalue weighted by atomic mass is 16.2. The van der Waals surface area contributed by atoms with Gasteiger partial charge in [0.25, 0.3) is 5.91 Å². The molecule has 4 amide bonds. The second kappa shape index (κ2) is 4.24. The fraction of sp³-hybridized carbons (Fsp3) is 0.333. The minimum absolute atomic E-state index is 0.0101. The fourth-order valence-corrected chi connectivity index (χ4v) is 1.48. The zero-order chi connectivity index (χ0) is 12.4. The molecule has 0 saturated carbocycles. The lowest BCUT2D eigenvalue weighted by atomic mass is 10.4. The van der Waals surface area contributed by atoms with Gasteiger partial charge in [0.2, 0.25) is 5.91 Å². The van der Waals surface area contributed by atoms with Gasteiger partial charge in [-0.3, -0.25) is 19.6 Å². The van der Waals surface area contributed by atoms with Gasteiger partial charge in [0, 0.05) is 13.1 Å². The van der Waals surface area contributed by atoms with E-state index in [1.165, 1.54) is 18.1 Å². The Morgan fingerprint density at radius 3 is 2.88 bits per heavy atom. The molecule has 0 aromatic carbocycles. The van der Waals surface area contributed by atoms with Crippen molar-refractivity contribution in [2.45, 2.75) is 0 Å². The number of urea groups is 1. The molecule has 8 nitrogen and oxygen atoms in total. The molecular weight excluding hydrogens is 226 g/mol. The van der Waals surface area contributed by atoms with Gasteiger partial charge >= 0.3 is 6.03 Å². The van der Waals surface area contributed by atoms with Crippen molar-refractivity contribution in [2.24, 2.45) is 0 Å². The van der Waals surface area contributed by atoms with Crippen LogP contribution in [-0.4, -0.2) is 58.0 Å². The van der Waals surface area contributed by atoms with Gasteiger partial charge in [-0.2, -0.15) is 5.10 Å². The van der Waals surface area contributed by atoms with Gasteiger partial charge in [-0.05, 0) is 0 Å². The molecule has 1 aromatic rings. The molecule has 0 bridgehead atoms. The molecule has 1 aliphatic heterocycles. The number of hydrogen-bond donors (Lipinski definition) is 2. The first-order valence-electron chi connectivity index (χ1n) is 4.92. The van der Waals surface area contributed by atoms with Gasteiger partial charge in [0.05, 0.1) is 6.20 Å². The first-order valence-corrected chi connectivity index (χ1v) is 4.92. The van der Waals surface area contributed by atoms with E-state index in [-0.39, 0.29) is 19.0 Å². The third-order valence-corrected chi connectivity index (χ3v) is 2.31. The Hall–Kier alpha value is -2.38. The number of carbonyl (C=O) groups excluding carboxylic acids is 3. The van der Waals surface area contributed by atoms with Gasteiger partial charge in [-0.15, -0.1) is 0 Å². The molecule has 2 N–H and O–H groups in total. The van der Waals surface area contributed by atoms with Gasteiger partial charge in [0.1, 0.15) is 18.9 Å². The van der Waals surface area contributed by atoms with Crippen LogP contribution in [-0.2, 0) is 9.59 Å². The van der Waals surface area contributed by atoms with Gasteiger partial charge < -0.3 is 10.2 Å². The number of rotatable bonds is 3. The molecule has 0 spiro atoms. The van der Waals surface area contributed by atoms with Crippen molar-refractivity contribution in [3.63, 3.8) is 0 Å². The molecule has 0 atom stereocenters. The standard InChI is InChI=1S/C9H11N5O3/c1-13-5-8(16)14(9(13)17)4-7(15)11-6-2-3-10-12-6/h2-3H,4-5H2,1H3,(H2,10,11,12,15). The maximum absolute atomic E-state index is 11.5. The van der Waals surface area contributed by atoms with E-state index in [9.17, 15) is 14.4 Å². The maximum Gasteiger partial charge on any atom is 0.327 e. The summed E-state index contributed by atoms with van der Waals surface area (Å²) in [5, 5.41) is 8.68. The first kappa shape index (κ1) is 11.1. The monoisotopic (exact) mass is 237 g/mol. The first-order chi connectivity index (χ1) is 8.08. The Labute approximate surface area is 96.6 Å². The summed E-state index contributed by atoms with van der Waals surface area (Å²) in [6.45, 7) is -0.281. The lowest BCUT2D eigenvalue weighted by molar-refractivity contribution is -0.129. The zero-order valence-electron chi connectivity index (χ0n) is 9.14. The largest absolute Gasteiger partial charge is 0.327 e. The van der Waals surface area contributed by atoms with Crippen LogP contribution in [0, 0.1) is 0 Å². The number of aromatic amines is 1. The van der Waals surface area contributed by atoms with E-state index in [1.54, 1.807) is 6.07 Å². The van der Waals surface area contributed by atoms with Crippen molar-refractivity contribution in [3.8, 4) is 0 Å². The van der Waals surface area contributed by atoms with E-state index in [1.807, 2.05) is 0 Å². The average Bonchev–Trinajstić information content (AvgIpc) is 2.83. The second-order valence-corrected chi connectivity index (χ2v) is 3.64. The number of aromatic nitrogens is 2. The summed E-state index contributed by atoms with van der Waals surface area (Å²) < 4.78 is 0. The number of likely N-dealkylation sites (N-methyl/N-ethyl adjacent to an activating group) is 1. The van der Waals surface area contributed by atoms with Gasteiger partial charge in [-0.25, -0.2) is 4.79 Å². The summed E-state index contributed by atoms with van der Waals surface area (Å²) in [6, 6.07) is 1.10. The summed E-state index contributed by atoms with van der Waals surface area (Å²) in [5.74, 6) is -0.411. The van der Waals surface area contributed by atoms with Crippen molar-refractivity contribution in [1.82, 2.24) is 20.0 Å². The molecule has 1 aliphatic rings. The molecule has 0 unspecified atom stereocenters. The van der Waals surface area contributed by atoms with Crippen molar-refractivity contribution in [3.05, 3.63) is 12.3 Å². The van der Waals surface area contributed by atoms with Gasteiger partial charge in [0.15, 0.2) is 0 Å². The third-order valence-electron chi connectivity index (χ3n) is 2.31. The van der Waals surface area contributed by atoms with Crippen LogP contribution < -0.4 is 5.32 Å². The van der Waals surface area contributed by atoms with E-state index < -0.39 is 11.9 Å². The summed E-state index contributed by atoms with van der Waals surface area (Å²) in [6.07, 6.45) is 1.48. The quantitative estimate of drug-likeness (QED) is 0.675. The number of nitrogens with one attached hydrogen (secondary N) is 2. The fourth-order valence-electron chi connectivity index (χ4n) is 1.48. The predicted octanol–water partition coefficient (Wildman–Crippen LogP) is -0.758. The number of imide groups is 1. The van der Waals surface area contributed by atoms with E-state index in [0.717, 1.165) is 4.90 Å². The Morgan fingerprint density at radius 1 is 1.59 bits per heavy atom. The normalized spacial score (nSPS) is 15.6. The number of carbonyl (C=O) groups is 3. The van der Waals surface area contributed by atoms with E-state index in [2.05, 4.69) is 15.5 Å². The Balaban J connectivity index is 1.95. The Bertz CT molecular complexity index is 455. The molecule has 2 heterocycles. The van der Waals surface area contributed by atoms with E-state index in [0.29, 0.717) is 5.82 Å². The number of amides is 4. The number of hydrogen-bond acceptors (Lipinski definition) is 4. The van der Waals surface area contributed by atoms with Crippen molar-refractivity contribution >= 4 is 23.7 Å². The van der Waals surface area contributed by atoms with Crippen LogP contribution in [0.25, 0.3) is 0 Å². The van der Waals surface area contributed by atoms with Crippen LogP contribution >= 0.6 is 0 Å². The van der Waals surface area contributed by atoms with Crippen LogP contribution in [0.4, 0.5) is 10.6 Å². The smallest absolute Gasteiger partial charge is 0.318 e. The van der Waals surface area contributed by atoms with Crippen molar-refractivity contribution < 1.29 is 14.4 Å². The summed E-state index contributed by atoms with van der Waals surface area (Å²) in [7, 11) is 1.51. The summed E-state index contributed by atoms with van der Waals surface area (Å²) in [4.78, 5) is 36.6. The third kappa shape index (κ3) is 2.25. The van der Waals surface area contributed by atoms with E-state index in [4.69, 9.17) is 0 Å². The molecule has 0 aliphatic carbocycles. The predicted molar refractivity (Wildman–Crippen MR) is 57.0 cm³/mol. The topological polar surface area (TPSA) is 98.4 Å². The zero-order valence-corrected chi connectivity index (χ0v) is 9.14. The average molecular weight is 237 g/mol. The lowest BCUT2D eigenvalue weighted by Crippen LogP contribution is -2.38. The Morgan fingerprint density at radius 2 is 2.35 bits per heavy atom. The minimum Gasteiger partial charge on any atom is -0.318 e. The van der Waals surface area contributed by atoms with Crippen molar-refractivity contribution in [2.75, 3.05) is 25.5 Å². The SMILES string of the molecule is CN1CC(=O)N(CC(=O)Nc2ccn[nH]2)C1=O. The van der Waals surface area contributed by atoms with Crippen LogP contribution in [0.3, 0.4) is 0 Å². The lowest BCUT2D eigenvalue weighted by Gasteiger charge is -2.13. The molecule has 90 valence electrons. The number of H-pyrrole nitrogens is 1. The molecular formula is C9H11N5O3. The highest BCUT2D eigenvalue weighted by Gasteiger charge is 2.34. The number of nitrogens with zero attached hydrogens (tertiary/aromatic N) is 3. The molecule has 1 saturated heterocycles. The van der Waals surface area contributed by atoms with Crippen LogP contribution in [0.15, 0.2) is 12.3 Å². The van der Waals surface area contributed by atoms with Gasteiger partial charge in [-0.1, -0.05) is 0 Å².